The Morgan fingerprint density at radius 3 is 2.68 bits per heavy atom. The minimum atomic E-state index is -3.93. The molecule has 0 aromatic carbocycles. The smallest absolute Gasteiger partial charge is 0.344 e. The van der Waals surface area contributed by atoms with Crippen molar-refractivity contribution in [2.75, 3.05) is 6.61 Å². The van der Waals surface area contributed by atoms with Crippen LogP contribution in [0.4, 0.5) is 0 Å². The summed E-state index contributed by atoms with van der Waals surface area (Å²) >= 11 is 0. The fourth-order valence-corrected chi connectivity index (χ4v) is 4.76. The van der Waals surface area contributed by atoms with Gasteiger partial charge in [0.1, 0.15) is 23.6 Å². The van der Waals surface area contributed by atoms with E-state index >= 15 is 0 Å². The van der Waals surface area contributed by atoms with Gasteiger partial charge in [0.15, 0.2) is 12.7 Å². The Bertz CT molecular complexity index is 680. The monoisotopic (exact) mass is 329 g/mol. The lowest BCUT2D eigenvalue weighted by Crippen LogP contribution is -2.46. The molecule has 0 aromatic heterocycles. The van der Waals surface area contributed by atoms with Gasteiger partial charge in [0.25, 0.3) is 10.1 Å². The molecule has 3 aliphatic rings. The Labute approximate surface area is 125 Å². The zero-order valence-electron chi connectivity index (χ0n) is 11.1. The van der Waals surface area contributed by atoms with Crippen molar-refractivity contribution in [1.29, 1.82) is 5.26 Å². The minimum absolute atomic E-state index is 0.654. The van der Waals surface area contributed by atoms with Crippen molar-refractivity contribution in [3.05, 3.63) is 12.7 Å². The van der Waals surface area contributed by atoms with Crippen LogP contribution in [0.5, 0.6) is 0 Å². The number of ether oxygens (including phenoxy) is 3. The number of fused-ring (bicyclic) bond motifs is 1. The summed E-state index contributed by atoms with van der Waals surface area (Å²) in [5.74, 6) is -2.66. The number of hydrogen-bond donors (Lipinski definition) is 0. The molecule has 0 radical (unpaired) electrons. The van der Waals surface area contributed by atoms with Crippen molar-refractivity contribution < 1.29 is 36.4 Å². The van der Waals surface area contributed by atoms with Crippen molar-refractivity contribution in [3.63, 3.8) is 0 Å². The van der Waals surface area contributed by atoms with E-state index in [0.717, 1.165) is 6.08 Å². The second kappa shape index (κ2) is 5.05. The summed E-state index contributed by atoms with van der Waals surface area (Å²) < 4.78 is 43.7. The van der Waals surface area contributed by atoms with E-state index in [1.54, 1.807) is 0 Å². The van der Waals surface area contributed by atoms with Crippen molar-refractivity contribution in [3.8, 4) is 6.07 Å². The highest BCUT2D eigenvalue weighted by Gasteiger charge is 2.72. The van der Waals surface area contributed by atoms with Crippen LogP contribution in [0.3, 0.4) is 0 Å². The van der Waals surface area contributed by atoms with Crippen LogP contribution >= 0.6 is 0 Å². The van der Waals surface area contributed by atoms with Gasteiger partial charge in [-0.15, -0.1) is 0 Å². The second-order valence-corrected chi connectivity index (χ2v) is 6.73. The van der Waals surface area contributed by atoms with Gasteiger partial charge in [0.05, 0.1) is 12.0 Å². The Morgan fingerprint density at radius 2 is 2.05 bits per heavy atom. The summed E-state index contributed by atoms with van der Waals surface area (Å²) in [4.78, 5) is 22.5. The highest BCUT2D eigenvalue weighted by atomic mass is 32.2. The van der Waals surface area contributed by atoms with Gasteiger partial charge in [-0.2, -0.15) is 13.7 Å². The lowest BCUT2D eigenvalue weighted by molar-refractivity contribution is -0.164. The number of nitriles is 1. The molecular formula is C12H11NO8S. The summed E-state index contributed by atoms with van der Waals surface area (Å²) in [6.45, 7) is 2.52. The molecule has 0 aliphatic carbocycles. The highest BCUT2D eigenvalue weighted by Crippen LogP contribution is 2.50. The molecule has 118 valence electrons. The molecule has 6 atom stereocenters. The van der Waals surface area contributed by atoms with Gasteiger partial charge in [-0.3, -0.25) is 4.18 Å². The average molecular weight is 329 g/mol. The van der Waals surface area contributed by atoms with Crippen LogP contribution in [0.25, 0.3) is 0 Å². The van der Waals surface area contributed by atoms with Gasteiger partial charge in [-0.25, -0.2) is 9.59 Å². The maximum Gasteiger partial charge on any atom is 0.344 e. The fourth-order valence-electron chi connectivity index (χ4n) is 2.98. The normalized spacial score (nSPS) is 40.0. The standard InChI is InChI=1S/C12H11NO8S/c1-2-6(14)18-4-7(15)19-9-8-5(3-13)12-11(20-8)10(9)21-22(12,16)17/h2,5,8-12H,1,4H2. The van der Waals surface area contributed by atoms with Gasteiger partial charge in [0, 0.05) is 6.08 Å². The van der Waals surface area contributed by atoms with Gasteiger partial charge in [0.2, 0.25) is 0 Å². The molecule has 3 rings (SSSR count). The molecule has 0 saturated carbocycles. The first-order chi connectivity index (χ1) is 10.4. The number of esters is 2. The highest BCUT2D eigenvalue weighted by molar-refractivity contribution is 7.87. The van der Waals surface area contributed by atoms with E-state index in [9.17, 15) is 18.0 Å². The zero-order chi connectivity index (χ0) is 16.1. The molecule has 10 heteroatoms. The van der Waals surface area contributed by atoms with Crippen LogP contribution in [-0.2, 0) is 38.1 Å². The predicted molar refractivity (Wildman–Crippen MR) is 66.4 cm³/mol. The Balaban J connectivity index is 1.72. The number of hydrogen-bond acceptors (Lipinski definition) is 9. The number of rotatable bonds is 4. The molecule has 3 aliphatic heterocycles. The second-order valence-electron chi connectivity index (χ2n) is 5.00. The average Bonchev–Trinajstić information content (AvgIpc) is 3.06. The van der Waals surface area contributed by atoms with E-state index in [1.165, 1.54) is 0 Å². The third-order valence-corrected chi connectivity index (χ3v) is 5.53. The van der Waals surface area contributed by atoms with Crippen LogP contribution < -0.4 is 0 Å². The maximum absolute atomic E-state index is 11.9. The third-order valence-electron chi connectivity index (χ3n) is 3.81. The first-order valence-electron chi connectivity index (χ1n) is 6.35. The van der Waals surface area contributed by atoms with Crippen molar-refractivity contribution in [2.24, 2.45) is 5.92 Å². The van der Waals surface area contributed by atoms with Crippen LogP contribution in [0, 0.1) is 17.2 Å². The molecule has 0 N–H and O–H groups in total. The zero-order valence-corrected chi connectivity index (χ0v) is 11.9. The van der Waals surface area contributed by atoms with Gasteiger partial charge in [-0.1, -0.05) is 6.58 Å². The van der Waals surface area contributed by atoms with Crippen molar-refractivity contribution in [1.82, 2.24) is 0 Å². The summed E-state index contributed by atoms with van der Waals surface area (Å²) in [6.07, 6.45) is -2.81. The summed E-state index contributed by atoms with van der Waals surface area (Å²) in [5.41, 5.74) is 0. The molecule has 0 amide bonds. The summed E-state index contributed by atoms with van der Waals surface area (Å²) in [5, 5.41) is 8.07. The quantitative estimate of drug-likeness (QED) is 0.349. The van der Waals surface area contributed by atoms with E-state index < -0.39 is 64.2 Å². The van der Waals surface area contributed by atoms with E-state index in [2.05, 4.69) is 11.3 Å². The molecule has 3 heterocycles. The summed E-state index contributed by atoms with van der Waals surface area (Å²) in [7, 11) is -3.93. The number of nitrogens with zero attached hydrogens (tertiary/aromatic N) is 1. The van der Waals surface area contributed by atoms with Gasteiger partial charge >= 0.3 is 11.9 Å². The molecule has 3 fully saturated rings. The molecule has 0 aromatic rings. The van der Waals surface area contributed by atoms with Gasteiger partial charge < -0.3 is 14.2 Å². The molecule has 9 nitrogen and oxygen atoms in total. The van der Waals surface area contributed by atoms with Crippen LogP contribution in [0.1, 0.15) is 0 Å². The number of carbonyl (C=O) groups excluding carboxylic acids is 2. The van der Waals surface area contributed by atoms with E-state index in [4.69, 9.17) is 18.9 Å². The topological polar surface area (TPSA) is 129 Å². The molecule has 2 bridgehead atoms. The van der Waals surface area contributed by atoms with Crippen molar-refractivity contribution in [2.45, 2.75) is 29.7 Å². The van der Waals surface area contributed by atoms with Crippen LogP contribution in [0.2, 0.25) is 0 Å². The molecule has 0 spiro atoms. The van der Waals surface area contributed by atoms with E-state index in [0.29, 0.717) is 0 Å². The molecule has 6 unspecified atom stereocenters. The Hall–Kier alpha value is -1.96. The lowest BCUT2D eigenvalue weighted by atomic mass is 9.86. The first-order valence-corrected chi connectivity index (χ1v) is 7.82. The third kappa shape index (κ3) is 2.09. The predicted octanol–water partition coefficient (Wildman–Crippen LogP) is -1.35. The largest absolute Gasteiger partial charge is 0.454 e. The van der Waals surface area contributed by atoms with Crippen molar-refractivity contribution >= 4 is 22.1 Å². The minimum Gasteiger partial charge on any atom is -0.454 e. The van der Waals surface area contributed by atoms with E-state index in [1.807, 2.05) is 6.07 Å². The molecule has 3 saturated heterocycles. The molecular weight excluding hydrogens is 318 g/mol. The Morgan fingerprint density at radius 1 is 1.32 bits per heavy atom. The molecule has 22 heavy (non-hydrogen) atoms. The maximum atomic E-state index is 11.9. The summed E-state index contributed by atoms with van der Waals surface area (Å²) in [6, 6.07) is 1.87. The first kappa shape index (κ1) is 15.0. The van der Waals surface area contributed by atoms with Crippen LogP contribution in [-0.4, -0.2) is 56.6 Å². The van der Waals surface area contributed by atoms with Gasteiger partial charge in [-0.05, 0) is 0 Å². The Kier molecular flexibility index (Phi) is 3.43. The number of carbonyl (C=O) groups is 2. The fraction of sp³-hybridized carbons (Fsp3) is 0.583. The lowest BCUT2D eigenvalue weighted by Gasteiger charge is -2.24. The van der Waals surface area contributed by atoms with Crippen LogP contribution in [0.15, 0.2) is 12.7 Å². The van der Waals surface area contributed by atoms with E-state index in [-0.39, 0.29) is 0 Å². The SMILES string of the molecule is C=CC(=O)OCC(=O)OC1C2OC3C1OS(=O)(=O)C3C2C#N.